The molecule has 8 heteroatoms. The van der Waals surface area contributed by atoms with Crippen LogP contribution in [0, 0.1) is 5.92 Å². The number of nitrogens with one attached hydrogen (secondary N) is 1. The van der Waals surface area contributed by atoms with Crippen molar-refractivity contribution >= 4 is 23.4 Å². The van der Waals surface area contributed by atoms with E-state index in [1.54, 1.807) is 24.3 Å². The van der Waals surface area contributed by atoms with Crippen molar-refractivity contribution in [3.8, 4) is 0 Å². The number of aliphatic carboxylic acids is 1. The molecule has 2 N–H and O–H groups in total. The first kappa shape index (κ1) is 19.7. The molecule has 0 radical (unpaired) electrons. The molecular weight excluding hydrogens is 335 g/mol. The number of amides is 2. The monoisotopic (exact) mass is 352 g/mol. The number of rotatable bonds is 4. The minimum absolute atomic E-state index is 0. The van der Waals surface area contributed by atoms with Crippen molar-refractivity contribution in [1.29, 1.82) is 0 Å². The van der Waals surface area contributed by atoms with Crippen LogP contribution in [0.15, 0.2) is 30.0 Å². The van der Waals surface area contributed by atoms with Crippen molar-refractivity contribution < 1.29 is 54.2 Å². The van der Waals surface area contributed by atoms with Crippen molar-refractivity contribution in [2.24, 2.45) is 5.92 Å². The van der Waals surface area contributed by atoms with E-state index in [-0.39, 0.29) is 47.2 Å². The summed E-state index contributed by atoms with van der Waals surface area (Å²) in [5, 5.41) is 23.8. The molecule has 0 aliphatic carbocycles. The number of β-lactam (4-membered cyclic amide) rings is 1. The molecule has 0 bridgehead atoms. The quantitative estimate of drug-likeness (QED) is 0.426. The van der Waals surface area contributed by atoms with E-state index in [4.69, 9.17) is 0 Å². The van der Waals surface area contributed by atoms with Crippen LogP contribution in [0.4, 0.5) is 0 Å². The molecule has 25 heavy (non-hydrogen) atoms. The SMILES string of the molecule is CNC(=O)c1ccc(C2=C(C(=O)[O-])N3C(=O)C(C(C)O)C3C2)cc1.[Na+]. The van der Waals surface area contributed by atoms with Gasteiger partial charge in [0.1, 0.15) is 0 Å². The van der Waals surface area contributed by atoms with Crippen LogP contribution in [0.3, 0.4) is 0 Å². The van der Waals surface area contributed by atoms with Crippen LogP contribution >= 0.6 is 0 Å². The summed E-state index contributed by atoms with van der Waals surface area (Å²) in [4.78, 5) is 36.5. The number of aliphatic hydroxyl groups is 1. The fraction of sp³-hybridized carbons (Fsp3) is 0.353. The minimum Gasteiger partial charge on any atom is -0.543 e. The molecule has 0 spiro atoms. The van der Waals surface area contributed by atoms with Gasteiger partial charge in [-0.1, -0.05) is 12.1 Å². The second-order valence-corrected chi connectivity index (χ2v) is 6.02. The summed E-state index contributed by atoms with van der Waals surface area (Å²) in [6.07, 6.45) is -0.499. The second-order valence-electron chi connectivity index (χ2n) is 6.02. The zero-order valence-electron chi connectivity index (χ0n) is 14.3. The van der Waals surface area contributed by atoms with Gasteiger partial charge in [-0.2, -0.15) is 0 Å². The number of benzene rings is 1. The Labute approximate surface area is 167 Å². The van der Waals surface area contributed by atoms with E-state index in [9.17, 15) is 24.6 Å². The molecule has 3 atom stereocenters. The van der Waals surface area contributed by atoms with Crippen LogP contribution in [-0.2, 0) is 9.59 Å². The maximum Gasteiger partial charge on any atom is 1.00 e. The van der Waals surface area contributed by atoms with Crippen molar-refractivity contribution in [2.75, 3.05) is 7.05 Å². The van der Waals surface area contributed by atoms with E-state index in [0.717, 1.165) is 0 Å². The Hall–Kier alpha value is -1.67. The van der Waals surface area contributed by atoms with Gasteiger partial charge in [-0.3, -0.25) is 9.59 Å². The van der Waals surface area contributed by atoms with E-state index in [2.05, 4.69) is 5.32 Å². The summed E-state index contributed by atoms with van der Waals surface area (Å²) in [5.74, 6) is -2.65. The molecule has 126 valence electrons. The summed E-state index contributed by atoms with van der Waals surface area (Å²) in [7, 11) is 1.52. The predicted molar refractivity (Wildman–Crippen MR) is 82.2 cm³/mol. The molecule has 2 aliphatic heterocycles. The zero-order chi connectivity index (χ0) is 17.6. The van der Waals surface area contributed by atoms with Gasteiger partial charge >= 0.3 is 29.6 Å². The second kappa shape index (κ2) is 7.29. The number of carbonyl (C=O) groups excluding carboxylic acids is 3. The number of hydrogen-bond donors (Lipinski definition) is 2. The van der Waals surface area contributed by atoms with Crippen LogP contribution in [0.25, 0.3) is 5.57 Å². The number of carboxylic acid groups (broad SMARTS) is 1. The smallest absolute Gasteiger partial charge is 0.543 e. The first-order valence-corrected chi connectivity index (χ1v) is 7.65. The molecule has 3 unspecified atom stereocenters. The Morgan fingerprint density at radius 2 is 1.92 bits per heavy atom. The first-order chi connectivity index (χ1) is 11.4. The molecule has 1 aromatic rings. The Balaban J connectivity index is 0.00000225. The molecule has 0 aromatic heterocycles. The molecule has 1 aromatic carbocycles. The largest absolute Gasteiger partial charge is 1.00 e. The normalized spacial score (nSPS) is 22.7. The maximum absolute atomic E-state index is 12.1. The molecular formula is C17H17N2NaO5. The van der Waals surface area contributed by atoms with Crippen LogP contribution < -0.4 is 40.0 Å². The summed E-state index contributed by atoms with van der Waals surface area (Å²) in [6, 6.07) is 6.13. The van der Waals surface area contributed by atoms with E-state index in [1.165, 1.54) is 18.9 Å². The topological polar surface area (TPSA) is 110 Å². The van der Waals surface area contributed by atoms with Crippen molar-refractivity contribution in [3.05, 3.63) is 41.1 Å². The number of carboxylic acids is 1. The summed E-state index contributed by atoms with van der Waals surface area (Å²) in [6.45, 7) is 1.52. The molecule has 0 saturated carbocycles. The van der Waals surface area contributed by atoms with Crippen LogP contribution in [0.2, 0.25) is 0 Å². The Bertz CT molecular complexity index is 757. The fourth-order valence-corrected chi connectivity index (χ4v) is 3.48. The average molecular weight is 352 g/mol. The zero-order valence-corrected chi connectivity index (χ0v) is 16.3. The molecule has 7 nitrogen and oxygen atoms in total. The van der Waals surface area contributed by atoms with E-state index >= 15 is 0 Å². The Morgan fingerprint density at radius 1 is 1.32 bits per heavy atom. The van der Waals surface area contributed by atoms with Gasteiger partial charge in [0.25, 0.3) is 5.91 Å². The standard InChI is InChI=1S/C17H18N2O5.Na/c1-8(20)13-12-7-11(14(17(23)24)19(12)16(13)22)9-3-5-10(6-4-9)15(21)18-2;/h3-6,8,12-13,20H,7H2,1-2H3,(H,18,21)(H,23,24);/q;+1/p-1. The summed E-state index contributed by atoms with van der Waals surface area (Å²) < 4.78 is 0. The van der Waals surface area contributed by atoms with E-state index in [0.29, 0.717) is 23.1 Å². The van der Waals surface area contributed by atoms with Crippen molar-refractivity contribution in [3.63, 3.8) is 0 Å². The molecule has 2 amide bonds. The number of hydrogen-bond acceptors (Lipinski definition) is 5. The Morgan fingerprint density at radius 3 is 2.40 bits per heavy atom. The summed E-state index contributed by atoms with van der Waals surface area (Å²) in [5.41, 5.74) is 1.42. The molecule has 1 fully saturated rings. The third-order valence-electron chi connectivity index (χ3n) is 4.64. The number of nitrogens with zero attached hydrogens (tertiary/aromatic N) is 1. The molecule has 2 heterocycles. The van der Waals surface area contributed by atoms with Crippen LogP contribution in [0.1, 0.15) is 29.3 Å². The van der Waals surface area contributed by atoms with Gasteiger partial charge in [-0.05, 0) is 36.6 Å². The van der Waals surface area contributed by atoms with Gasteiger partial charge in [0.05, 0.1) is 29.7 Å². The fourth-order valence-electron chi connectivity index (χ4n) is 3.48. The van der Waals surface area contributed by atoms with Gasteiger partial charge in [0, 0.05) is 12.6 Å². The maximum atomic E-state index is 12.1. The molecule has 1 saturated heterocycles. The van der Waals surface area contributed by atoms with Crippen molar-refractivity contribution in [2.45, 2.75) is 25.5 Å². The van der Waals surface area contributed by atoms with Gasteiger partial charge in [-0.25, -0.2) is 0 Å². The Kier molecular flexibility index (Phi) is 5.73. The van der Waals surface area contributed by atoms with Crippen LogP contribution in [0.5, 0.6) is 0 Å². The first-order valence-electron chi connectivity index (χ1n) is 7.65. The molecule has 2 aliphatic rings. The predicted octanol–water partition coefficient (Wildman–Crippen LogP) is -3.88. The molecule has 3 rings (SSSR count). The third kappa shape index (κ3) is 3.13. The third-order valence-corrected chi connectivity index (χ3v) is 4.64. The van der Waals surface area contributed by atoms with E-state index in [1.807, 2.05) is 0 Å². The van der Waals surface area contributed by atoms with Gasteiger partial charge < -0.3 is 25.2 Å². The van der Waals surface area contributed by atoms with E-state index < -0.39 is 23.9 Å². The van der Waals surface area contributed by atoms with Gasteiger partial charge in [0.15, 0.2) is 0 Å². The van der Waals surface area contributed by atoms with Crippen LogP contribution in [-0.4, -0.2) is 47.0 Å². The number of aliphatic hydroxyl groups excluding tert-OH is 1. The number of fused-ring (bicyclic) bond motifs is 1. The van der Waals surface area contributed by atoms with Gasteiger partial charge in [-0.15, -0.1) is 0 Å². The average Bonchev–Trinajstić information content (AvgIpc) is 2.89. The number of carbonyl (C=O) groups is 3. The minimum atomic E-state index is -1.42. The van der Waals surface area contributed by atoms with Gasteiger partial charge in [0.2, 0.25) is 5.91 Å². The van der Waals surface area contributed by atoms with Crippen molar-refractivity contribution in [1.82, 2.24) is 10.2 Å². The summed E-state index contributed by atoms with van der Waals surface area (Å²) >= 11 is 0.